The van der Waals surface area contributed by atoms with Crippen LogP contribution in [0.4, 0.5) is 11.4 Å². The number of benzene rings is 2. The van der Waals surface area contributed by atoms with Gasteiger partial charge in [-0.3, -0.25) is 4.79 Å². The van der Waals surface area contributed by atoms with Crippen LogP contribution in [0.5, 0.6) is 0 Å². The molecule has 16 heteroatoms. The lowest BCUT2D eigenvalue weighted by Gasteiger charge is -2.19. The number of aryl methyl sites for hydroxylation is 8. The Hall–Kier alpha value is -6.26. The zero-order valence-corrected chi connectivity index (χ0v) is 35.3. The molecule has 9 rings (SSSR count). The molecular formula is C44H52N8O8. The number of fused-ring (bicyclic) bond motifs is 1. The Morgan fingerprint density at radius 1 is 0.617 bits per heavy atom. The molecule has 2 aliphatic rings. The van der Waals surface area contributed by atoms with Gasteiger partial charge in [0.05, 0.1) is 51.1 Å². The summed E-state index contributed by atoms with van der Waals surface area (Å²) in [5.41, 5.74) is 26.2. The highest BCUT2D eigenvalue weighted by atomic mass is 16.5. The Balaban J connectivity index is 0.000000154. The fourth-order valence-corrected chi connectivity index (χ4v) is 8.13. The summed E-state index contributed by atoms with van der Waals surface area (Å²) in [6, 6.07) is 8.10. The van der Waals surface area contributed by atoms with Gasteiger partial charge in [-0.15, -0.1) is 0 Å². The highest BCUT2D eigenvalue weighted by Gasteiger charge is 2.25. The van der Waals surface area contributed by atoms with Gasteiger partial charge in [-0.1, -0.05) is 20.6 Å². The Labute approximate surface area is 346 Å². The molecule has 2 saturated heterocycles. The number of carboxylic acids is 1. The molecule has 0 atom stereocenters. The van der Waals surface area contributed by atoms with Crippen molar-refractivity contribution >= 4 is 28.4 Å². The van der Waals surface area contributed by atoms with Crippen LogP contribution in [0.3, 0.4) is 0 Å². The number of carboxylic acid groups (broad SMARTS) is 1. The second kappa shape index (κ2) is 17.5. The van der Waals surface area contributed by atoms with E-state index in [2.05, 4.69) is 37.7 Å². The maximum absolute atomic E-state index is 10.3. The fourth-order valence-electron chi connectivity index (χ4n) is 8.13. The molecule has 7 aromatic rings. The fraction of sp³-hybridized carbons (Fsp3) is 0.409. The number of H-pyrrole nitrogens is 1. The Kier molecular flexibility index (Phi) is 12.2. The summed E-state index contributed by atoms with van der Waals surface area (Å²) in [6.07, 6.45) is 3.32. The molecule has 7 heterocycles. The predicted octanol–water partition coefficient (Wildman–Crippen LogP) is 8.89. The lowest BCUT2D eigenvalue weighted by atomic mass is 9.95. The maximum Gasteiger partial charge on any atom is 0.306 e. The van der Waals surface area contributed by atoms with Crippen molar-refractivity contribution in [2.24, 2.45) is 5.92 Å². The monoisotopic (exact) mass is 820 g/mol. The highest BCUT2D eigenvalue weighted by Crippen LogP contribution is 2.41. The maximum atomic E-state index is 10.3. The van der Waals surface area contributed by atoms with Gasteiger partial charge in [-0.25, -0.2) is 4.98 Å². The summed E-state index contributed by atoms with van der Waals surface area (Å²) in [4.78, 5) is 18.9. The molecule has 0 spiro atoms. The SMILES string of the molecule is Cc1noc(C)c1-c1cc(-c2c(C)noc2C)c2nc(C3CCOCC3)[nH]c2c1.Cc1noc(C)c1-c1cc(N)c(N)c(-c2c(C)noc2C)c1.O=C(O)C1CCOCC1. The minimum Gasteiger partial charge on any atom is -0.481 e. The van der Waals surface area contributed by atoms with Gasteiger partial charge in [0, 0.05) is 65.7 Å². The van der Waals surface area contributed by atoms with Crippen LogP contribution >= 0.6 is 0 Å². The molecular weight excluding hydrogens is 769 g/mol. The van der Waals surface area contributed by atoms with E-state index in [1.165, 1.54) is 0 Å². The number of ether oxygens (including phenoxy) is 2. The number of aromatic amines is 1. The third-order valence-electron chi connectivity index (χ3n) is 11.2. The van der Waals surface area contributed by atoms with Crippen molar-refractivity contribution in [3.05, 3.63) is 75.9 Å². The summed E-state index contributed by atoms with van der Waals surface area (Å²) in [5.74, 6) is 3.61. The van der Waals surface area contributed by atoms with Crippen LogP contribution in [0.25, 0.3) is 55.5 Å². The lowest BCUT2D eigenvalue weighted by molar-refractivity contribution is -0.144. The summed E-state index contributed by atoms with van der Waals surface area (Å²) in [7, 11) is 0. The quantitative estimate of drug-likeness (QED) is 0.115. The zero-order chi connectivity index (χ0) is 42.8. The molecule has 0 saturated carbocycles. The smallest absolute Gasteiger partial charge is 0.306 e. The number of rotatable bonds is 6. The zero-order valence-electron chi connectivity index (χ0n) is 35.3. The number of nitrogens with zero attached hydrogens (tertiary/aromatic N) is 5. The van der Waals surface area contributed by atoms with Gasteiger partial charge in [0.25, 0.3) is 0 Å². The first-order valence-corrected chi connectivity index (χ1v) is 20.1. The van der Waals surface area contributed by atoms with E-state index in [1.807, 2.05) is 67.5 Å². The van der Waals surface area contributed by atoms with Crippen LogP contribution in [0.2, 0.25) is 0 Å². The molecule has 6 N–H and O–H groups in total. The standard InChI is InChI=1S/C22H24N4O3.C16H18N4O2.C6H10O3/c1-11-19(13(3)28-25-11)16-9-17(20-12(2)26-29-14(20)4)21-18(10-16)23-22(24-21)15-5-7-27-8-6-15;1-7-14(9(3)21-19-7)11-5-12(16(18)13(17)6-11)15-8(2)20-22-10(15)4;7-6(8)5-1-3-9-4-2-5/h9-10,15H,5-8H2,1-4H3,(H,23,24);5-6H,17-18H2,1-4H3;5H,1-4H2,(H,7,8). The lowest BCUT2D eigenvalue weighted by Crippen LogP contribution is -2.22. The molecule has 0 amide bonds. The largest absolute Gasteiger partial charge is 0.481 e. The van der Waals surface area contributed by atoms with Crippen molar-refractivity contribution in [1.82, 2.24) is 30.6 Å². The summed E-state index contributed by atoms with van der Waals surface area (Å²) >= 11 is 0. The average Bonchev–Trinajstić information content (AvgIpc) is 4.06. The van der Waals surface area contributed by atoms with Crippen molar-refractivity contribution in [3.8, 4) is 44.5 Å². The van der Waals surface area contributed by atoms with Gasteiger partial charge in [-0.2, -0.15) is 0 Å². The highest BCUT2D eigenvalue weighted by molar-refractivity contribution is 5.97. The third kappa shape index (κ3) is 8.43. The Bertz CT molecular complexity index is 2560. The number of carbonyl (C=O) groups is 1. The summed E-state index contributed by atoms with van der Waals surface area (Å²) in [5, 5.41) is 24.8. The second-order valence-corrected chi connectivity index (χ2v) is 15.5. The van der Waals surface area contributed by atoms with Crippen molar-refractivity contribution in [2.45, 2.75) is 87.0 Å². The van der Waals surface area contributed by atoms with Crippen LogP contribution in [0.1, 0.15) is 83.2 Å². The van der Waals surface area contributed by atoms with Crippen molar-refractivity contribution in [3.63, 3.8) is 0 Å². The number of anilines is 2. The summed E-state index contributed by atoms with van der Waals surface area (Å²) < 4.78 is 31.9. The minimum absolute atomic E-state index is 0.154. The number of aromatic nitrogens is 6. The van der Waals surface area contributed by atoms with Crippen molar-refractivity contribution in [2.75, 3.05) is 37.9 Å². The van der Waals surface area contributed by atoms with E-state index in [4.69, 9.17) is 49.1 Å². The molecule has 2 aromatic carbocycles. The van der Waals surface area contributed by atoms with Gasteiger partial charge < -0.3 is 49.1 Å². The molecule has 316 valence electrons. The van der Waals surface area contributed by atoms with Crippen molar-refractivity contribution in [1.29, 1.82) is 0 Å². The molecule has 0 aliphatic carbocycles. The molecule has 2 aliphatic heterocycles. The van der Waals surface area contributed by atoms with E-state index in [0.717, 1.165) is 127 Å². The van der Waals surface area contributed by atoms with Gasteiger partial charge >= 0.3 is 5.97 Å². The Morgan fingerprint density at radius 3 is 1.50 bits per heavy atom. The molecule has 60 heavy (non-hydrogen) atoms. The van der Waals surface area contributed by atoms with Gasteiger partial charge in [-0.05, 0) is 116 Å². The number of nitrogens with one attached hydrogen (secondary N) is 1. The van der Waals surface area contributed by atoms with E-state index in [0.29, 0.717) is 49.1 Å². The molecule has 16 nitrogen and oxygen atoms in total. The van der Waals surface area contributed by atoms with Crippen LogP contribution in [-0.4, -0.2) is 68.1 Å². The molecule has 0 unspecified atom stereocenters. The molecule has 2 fully saturated rings. The second-order valence-electron chi connectivity index (χ2n) is 15.5. The molecule has 0 radical (unpaired) electrons. The van der Waals surface area contributed by atoms with Crippen LogP contribution in [0, 0.1) is 61.3 Å². The number of imidazole rings is 1. The number of nitrogens with two attached hydrogens (primary N) is 2. The van der Waals surface area contributed by atoms with Crippen LogP contribution in [-0.2, 0) is 14.3 Å². The summed E-state index contributed by atoms with van der Waals surface area (Å²) in [6.45, 7) is 18.1. The van der Waals surface area contributed by atoms with Crippen LogP contribution < -0.4 is 11.5 Å². The Morgan fingerprint density at radius 2 is 1.05 bits per heavy atom. The topological polar surface area (TPSA) is 241 Å². The number of nitrogen functional groups attached to an aromatic ring is 2. The average molecular weight is 821 g/mol. The normalized spacial score (nSPS) is 14.8. The third-order valence-corrected chi connectivity index (χ3v) is 11.2. The van der Waals surface area contributed by atoms with Gasteiger partial charge in [0.2, 0.25) is 0 Å². The number of hydrogen-bond acceptors (Lipinski definition) is 14. The van der Waals surface area contributed by atoms with Gasteiger partial charge in [0.15, 0.2) is 0 Å². The van der Waals surface area contributed by atoms with E-state index < -0.39 is 5.97 Å². The van der Waals surface area contributed by atoms with E-state index in [9.17, 15) is 4.79 Å². The van der Waals surface area contributed by atoms with E-state index in [1.54, 1.807) is 0 Å². The first-order chi connectivity index (χ1) is 28.7. The number of hydrogen-bond donors (Lipinski definition) is 4. The molecule has 0 bridgehead atoms. The van der Waals surface area contributed by atoms with E-state index in [-0.39, 0.29) is 5.92 Å². The predicted molar refractivity (Wildman–Crippen MR) is 225 cm³/mol. The number of aliphatic carboxylic acids is 1. The van der Waals surface area contributed by atoms with E-state index >= 15 is 0 Å². The first kappa shape index (κ1) is 41.9. The molecule has 5 aromatic heterocycles. The van der Waals surface area contributed by atoms with Crippen LogP contribution in [0.15, 0.2) is 42.4 Å². The van der Waals surface area contributed by atoms with Gasteiger partial charge in [0.1, 0.15) is 28.9 Å². The first-order valence-electron chi connectivity index (χ1n) is 20.1. The minimum atomic E-state index is -0.682. The van der Waals surface area contributed by atoms with Crippen molar-refractivity contribution < 1.29 is 37.5 Å².